The van der Waals surface area contributed by atoms with Crippen LogP contribution in [0.3, 0.4) is 0 Å². The van der Waals surface area contributed by atoms with Gasteiger partial charge >= 0.3 is 5.69 Å². The van der Waals surface area contributed by atoms with Crippen LogP contribution in [-0.4, -0.2) is 34.5 Å². The number of hydrogen-bond donors (Lipinski definition) is 4. The zero-order valence-corrected chi connectivity index (χ0v) is 21.0. The summed E-state index contributed by atoms with van der Waals surface area (Å²) < 4.78 is 1.32. The second-order valence-electron chi connectivity index (χ2n) is 9.60. The maximum absolute atomic E-state index is 13.1. The van der Waals surface area contributed by atoms with Crippen LogP contribution in [-0.2, 0) is 24.2 Å². The Hall–Kier alpha value is -3.08. The molecule has 6 N–H and O–H groups in total. The largest absolute Gasteiger partial charge is 0.383 e. The Labute approximate surface area is 202 Å². The summed E-state index contributed by atoms with van der Waals surface area (Å²) in [5.41, 5.74) is 12.1. The molecule has 0 bridgehead atoms. The summed E-state index contributed by atoms with van der Waals surface area (Å²) in [7, 11) is 0. The number of amides is 2. The predicted octanol–water partition coefficient (Wildman–Crippen LogP) is 1.92. The van der Waals surface area contributed by atoms with E-state index in [1.54, 1.807) is 4.90 Å². The first kappa shape index (κ1) is 25.5. The van der Waals surface area contributed by atoms with Crippen LogP contribution in [0.5, 0.6) is 0 Å². The maximum atomic E-state index is 13.1. The molecule has 0 fully saturated rings. The summed E-state index contributed by atoms with van der Waals surface area (Å²) in [6, 6.07) is 0. The van der Waals surface area contributed by atoms with Crippen molar-refractivity contribution in [3.05, 3.63) is 36.8 Å². The average molecular weight is 491 g/mol. The summed E-state index contributed by atoms with van der Waals surface area (Å²) in [5, 5.41) is 3.28. The third-order valence-electron chi connectivity index (χ3n) is 5.67. The zero-order valence-electron chi connectivity index (χ0n) is 20.2. The number of carbonyl (C=O) groups excluding carboxylic acids is 2. The molecule has 1 aliphatic carbocycles. The molecular weight excluding hydrogens is 456 g/mol. The van der Waals surface area contributed by atoms with Crippen molar-refractivity contribution in [2.24, 2.45) is 17.6 Å². The van der Waals surface area contributed by atoms with Crippen LogP contribution in [0.25, 0.3) is 0 Å². The Kier molecular flexibility index (Phi) is 7.86. The molecule has 34 heavy (non-hydrogen) atoms. The number of nitrogens with zero attached hydrogens (tertiary/aromatic N) is 2. The van der Waals surface area contributed by atoms with Crippen molar-refractivity contribution in [1.29, 1.82) is 0 Å². The third kappa shape index (κ3) is 5.52. The molecule has 2 aromatic heterocycles. The van der Waals surface area contributed by atoms with Gasteiger partial charge in [0.2, 0.25) is 5.91 Å². The molecule has 0 aliphatic heterocycles. The lowest BCUT2D eigenvalue weighted by Gasteiger charge is -2.27. The number of aromatic amines is 1. The molecular formula is C23H34N6O4S. The Balaban J connectivity index is 1.94. The Morgan fingerprint density at radius 2 is 1.82 bits per heavy atom. The lowest BCUT2D eigenvalue weighted by molar-refractivity contribution is -0.115. The number of aromatic nitrogens is 2. The van der Waals surface area contributed by atoms with E-state index in [-0.39, 0.29) is 29.9 Å². The van der Waals surface area contributed by atoms with Crippen LogP contribution in [0.15, 0.2) is 9.59 Å². The molecule has 0 saturated carbocycles. The molecule has 186 valence electrons. The molecule has 0 unspecified atom stereocenters. The van der Waals surface area contributed by atoms with Gasteiger partial charge in [0.25, 0.3) is 11.5 Å². The van der Waals surface area contributed by atoms with Crippen molar-refractivity contribution < 1.29 is 9.59 Å². The molecule has 0 aromatic carbocycles. The van der Waals surface area contributed by atoms with Crippen LogP contribution in [0.4, 0.5) is 16.5 Å². The number of nitrogens with two attached hydrogens (primary N) is 2. The smallest absolute Gasteiger partial charge is 0.330 e. The molecule has 0 radical (unpaired) electrons. The Bertz CT molecular complexity index is 1190. The van der Waals surface area contributed by atoms with Crippen molar-refractivity contribution in [2.45, 2.75) is 59.9 Å². The van der Waals surface area contributed by atoms with Gasteiger partial charge in [-0.3, -0.25) is 23.9 Å². The Morgan fingerprint density at radius 1 is 1.15 bits per heavy atom. The van der Waals surface area contributed by atoms with Gasteiger partial charge in [-0.25, -0.2) is 4.79 Å². The SMILES string of the molecule is CC(C)CN(CC(=O)Nc1sc2c(c1C(N)=O)CCCC2)c1c(N)n(CC(C)C)c(=O)[nH]c1=O. The number of nitrogen functional groups attached to an aromatic ring is 1. The molecule has 0 spiro atoms. The van der Waals surface area contributed by atoms with E-state index in [0.29, 0.717) is 23.7 Å². The second kappa shape index (κ2) is 10.5. The van der Waals surface area contributed by atoms with Gasteiger partial charge in [-0.15, -0.1) is 11.3 Å². The monoisotopic (exact) mass is 490 g/mol. The highest BCUT2D eigenvalue weighted by molar-refractivity contribution is 7.17. The van der Waals surface area contributed by atoms with E-state index in [1.165, 1.54) is 15.9 Å². The maximum Gasteiger partial charge on any atom is 0.330 e. The quantitative estimate of drug-likeness (QED) is 0.421. The normalized spacial score (nSPS) is 13.2. The number of carbonyl (C=O) groups is 2. The van der Waals surface area contributed by atoms with Gasteiger partial charge in [0.1, 0.15) is 16.5 Å². The summed E-state index contributed by atoms with van der Waals surface area (Å²) in [5.74, 6) is -0.706. The van der Waals surface area contributed by atoms with Gasteiger partial charge in [-0.05, 0) is 43.1 Å². The molecule has 10 nitrogen and oxygen atoms in total. The first-order valence-corrected chi connectivity index (χ1v) is 12.4. The standard InChI is InChI=1S/C23H34N6O4S/c1-12(2)9-28(18-19(24)29(10-13(3)4)23(33)27-21(18)32)11-16(30)26-22-17(20(25)31)14-7-5-6-8-15(14)34-22/h12-13H,5-11,24H2,1-4H3,(H2,25,31)(H,26,30)(H,27,32,33). The van der Waals surface area contributed by atoms with E-state index in [4.69, 9.17) is 11.5 Å². The van der Waals surface area contributed by atoms with Gasteiger partial charge < -0.3 is 21.7 Å². The molecule has 2 aromatic rings. The van der Waals surface area contributed by atoms with Crippen LogP contribution in [0.2, 0.25) is 0 Å². The second-order valence-corrected chi connectivity index (χ2v) is 10.7. The van der Waals surface area contributed by atoms with E-state index < -0.39 is 23.1 Å². The number of H-pyrrole nitrogens is 1. The highest BCUT2D eigenvalue weighted by Crippen LogP contribution is 2.38. The van der Waals surface area contributed by atoms with Crippen LogP contribution >= 0.6 is 11.3 Å². The molecule has 0 saturated heterocycles. The molecule has 1 aliphatic rings. The molecule has 2 heterocycles. The number of anilines is 3. The first-order chi connectivity index (χ1) is 16.0. The van der Waals surface area contributed by atoms with Gasteiger partial charge in [0.05, 0.1) is 12.1 Å². The number of fused-ring (bicyclic) bond motifs is 1. The van der Waals surface area contributed by atoms with E-state index in [0.717, 1.165) is 36.1 Å². The number of primary amides is 1. The van der Waals surface area contributed by atoms with Crippen molar-refractivity contribution in [1.82, 2.24) is 9.55 Å². The van der Waals surface area contributed by atoms with Crippen molar-refractivity contribution in [3.8, 4) is 0 Å². The van der Waals surface area contributed by atoms with E-state index in [1.807, 2.05) is 27.7 Å². The van der Waals surface area contributed by atoms with Gasteiger partial charge in [0.15, 0.2) is 0 Å². The van der Waals surface area contributed by atoms with E-state index in [2.05, 4.69) is 10.3 Å². The molecule has 3 rings (SSSR count). The minimum atomic E-state index is -0.639. The van der Waals surface area contributed by atoms with Crippen molar-refractivity contribution in [3.63, 3.8) is 0 Å². The molecule has 2 amide bonds. The topological polar surface area (TPSA) is 156 Å². The predicted molar refractivity (Wildman–Crippen MR) is 136 cm³/mol. The lowest BCUT2D eigenvalue weighted by atomic mass is 9.95. The van der Waals surface area contributed by atoms with E-state index in [9.17, 15) is 19.2 Å². The third-order valence-corrected chi connectivity index (χ3v) is 6.88. The summed E-state index contributed by atoms with van der Waals surface area (Å²) in [6.07, 6.45) is 3.64. The highest BCUT2D eigenvalue weighted by atomic mass is 32.1. The first-order valence-electron chi connectivity index (χ1n) is 11.6. The fourth-order valence-corrected chi connectivity index (χ4v) is 5.67. The minimum absolute atomic E-state index is 0.0281. The van der Waals surface area contributed by atoms with Crippen molar-refractivity contribution >= 4 is 39.7 Å². The van der Waals surface area contributed by atoms with Crippen molar-refractivity contribution in [2.75, 3.05) is 29.0 Å². The number of hydrogen-bond acceptors (Lipinski definition) is 7. The zero-order chi connectivity index (χ0) is 25.2. The summed E-state index contributed by atoms with van der Waals surface area (Å²) in [4.78, 5) is 55.3. The van der Waals surface area contributed by atoms with Gasteiger partial charge in [0, 0.05) is 18.0 Å². The number of aryl methyl sites for hydroxylation is 1. The molecule has 11 heteroatoms. The van der Waals surface area contributed by atoms with Crippen LogP contribution in [0.1, 0.15) is 61.3 Å². The lowest BCUT2D eigenvalue weighted by Crippen LogP contribution is -2.43. The van der Waals surface area contributed by atoms with Gasteiger partial charge in [-0.1, -0.05) is 27.7 Å². The van der Waals surface area contributed by atoms with Crippen LogP contribution < -0.4 is 32.9 Å². The van der Waals surface area contributed by atoms with Crippen LogP contribution in [0, 0.1) is 11.8 Å². The fourth-order valence-electron chi connectivity index (χ4n) is 4.36. The van der Waals surface area contributed by atoms with E-state index >= 15 is 0 Å². The average Bonchev–Trinajstić information content (AvgIpc) is 3.08. The Morgan fingerprint density at radius 3 is 2.44 bits per heavy atom. The highest BCUT2D eigenvalue weighted by Gasteiger charge is 2.27. The number of thiophene rings is 1. The minimum Gasteiger partial charge on any atom is -0.383 e. The van der Waals surface area contributed by atoms with Gasteiger partial charge in [-0.2, -0.15) is 0 Å². The number of nitrogens with one attached hydrogen (secondary N) is 2. The molecule has 0 atom stereocenters. The summed E-state index contributed by atoms with van der Waals surface area (Å²) in [6.45, 7) is 8.31. The summed E-state index contributed by atoms with van der Waals surface area (Å²) >= 11 is 1.38. The fraction of sp³-hybridized carbons (Fsp3) is 0.565. The number of rotatable bonds is 9.